The van der Waals surface area contributed by atoms with Crippen molar-refractivity contribution < 1.29 is 4.79 Å². The Morgan fingerprint density at radius 1 is 1.14 bits per heavy atom. The van der Waals surface area contributed by atoms with Crippen molar-refractivity contribution in [2.24, 2.45) is 0 Å². The Morgan fingerprint density at radius 3 is 2.36 bits per heavy atom. The topological polar surface area (TPSA) is 41.1 Å². The summed E-state index contributed by atoms with van der Waals surface area (Å²) >= 11 is 10.2. The molecule has 0 saturated carbocycles. The molecule has 0 heterocycles. The van der Waals surface area contributed by atoms with Crippen LogP contribution in [0.3, 0.4) is 0 Å². The van der Waals surface area contributed by atoms with Gasteiger partial charge in [0.05, 0.1) is 0 Å². The van der Waals surface area contributed by atoms with Gasteiger partial charge in [0.25, 0.3) is 5.91 Å². The summed E-state index contributed by atoms with van der Waals surface area (Å²) in [6, 6.07) is 15.3. The molecule has 0 aliphatic rings. The minimum absolute atomic E-state index is 0.220. The standard InChI is InChI=1S/C16H15BrN2OS2/c1-22-14-8-2-11(3-9-14)10-18-16(21)19-15(20)12-4-6-13(17)7-5-12/h2-9H,10H2,1H3,(H2,18,19,20,21). The average Bonchev–Trinajstić information content (AvgIpc) is 2.54. The fourth-order valence-corrected chi connectivity index (χ4v) is 2.58. The molecular weight excluding hydrogens is 380 g/mol. The van der Waals surface area contributed by atoms with Gasteiger partial charge in [-0.2, -0.15) is 0 Å². The van der Waals surface area contributed by atoms with E-state index >= 15 is 0 Å². The highest BCUT2D eigenvalue weighted by Gasteiger charge is 2.07. The van der Waals surface area contributed by atoms with Crippen LogP contribution in [0.2, 0.25) is 0 Å². The molecule has 22 heavy (non-hydrogen) atoms. The molecule has 3 nitrogen and oxygen atoms in total. The number of carbonyl (C=O) groups is 1. The summed E-state index contributed by atoms with van der Waals surface area (Å²) < 4.78 is 0.929. The second kappa shape index (κ2) is 8.31. The van der Waals surface area contributed by atoms with Gasteiger partial charge in [0.1, 0.15) is 0 Å². The third-order valence-electron chi connectivity index (χ3n) is 2.95. The molecule has 0 saturated heterocycles. The number of thioether (sulfide) groups is 1. The molecule has 0 aromatic heterocycles. The van der Waals surface area contributed by atoms with E-state index in [0.29, 0.717) is 17.2 Å². The van der Waals surface area contributed by atoms with Gasteiger partial charge in [0.2, 0.25) is 0 Å². The van der Waals surface area contributed by atoms with Crippen molar-refractivity contribution in [3.63, 3.8) is 0 Å². The van der Waals surface area contributed by atoms with Crippen molar-refractivity contribution in [3.05, 3.63) is 64.1 Å². The van der Waals surface area contributed by atoms with E-state index in [0.717, 1.165) is 10.0 Å². The van der Waals surface area contributed by atoms with Gasteiger partial charge in [-0.15, -0.1) is 11.8 Å². The van der Waals surface area contributed by atoms with E-state index in [1.165, 1.54) is 4.90 Å². The Morgan fingerprint density at radius 2 is 1.77 bits per heavy atom. The number of hydrogen-bond acceptors (Lipinski definition) is 3. The Hall–Kier alpha value is -1.37. The van der Waals surface area contributed by atoms with E-state index in [-0.39, 0.29) is 5.91 Å². The summed E-state index contributed by atoms with van der Waals surface area (Å²) in [7, 11) is 0. The highest BCUT2D eigenvalue weighted by atomic mass is 79.9. The molecule has 0 atom stereocenters. The van der Waals surface area contributed by atoms with E-state index in [1.54, 1.807) is 23.9 Å². The maximum absolute atomic E-state index is 12.0. The zero-order valence-corrected chi connectivity index (χ0v) is 15.1. The molecule has 114 valence electrons. The Balaban J connectivity index is 1.84. The summed E-state index contributed by atoms with van der Waals surface area (Å²) in [5.74, 6) is -0.220. The van der Waals surface area contributed by atoms with Crippen LogP contribution in [-0.4, -0.2) is 17.3 Å². The van der Waals surface area contributed by atoms with Gasteiger partial charge in [-0.1, -0.05) is 28.1 Å². The average molecular weight is 395 g/mol. The number of halogens is 1. The lowest BCUT2D eigenvalue weighted by molar-refractivity contribution is 0.0976. The van der Waals surface area contributed by atoms with Crippen molar-refractivity contribution in [1.29, 1.82) is 0 Å². The lowest BCUT2D eigenvalue weighted by Crippen LogP contribution is -2.38. The molecule has 0 bridgehead atoms. The molecule has 2 aromatic carbocycles. The van der Waals surface area contributed by atoms with Crippen molar-refractivity contribution >= 4 is 50.9 Å². The van der Waals surface area contributed by atoms with Gasteiger partial charge < -0.3 is 5.32 Å². The summed E-state index contributed by atoms with van der Waals surface area (Å²) in [5, 5.41) is 6.02. The molecule has 2 rings (SSSR count). The number of benzene rings is 2. The van der Waals surface area contributed by atoms with Crippen molar-refractivity contribution in [2.45, 2.75) is 11.4 Å². The van der Waals surface area contributed by atoms with Crippen LogP contribution in [-0.2, 0) is 6.54 Å². The first-order valence-corrected chi connectivity index (χ1v) is 8.99. The monoisotopic (exact) mass is 394 g/mol. The number of carbonyl (C=O) groups excluding carboxylic acids is 1. The predicted molar refractivity (Wildman–Crippen MR) is 99.3 cm³/mol. The van der Waals surface area contributed by atoms with Gasteiger partial charge in [-0.3, -0.25) is 10.1 Å². The first-order valence-electron chi connectivity index (χ1n) is 6.56. The zero-order valence-electron chi connectivity index (χ0n) is 11.9. The molecule has 2 aromatic rings. The smallest absolute Gasteiger partial charge is 0.257 e. The van der Waals surface area contributed by atoms with E-state index in [1.807, 2.05) is 30.5 Å². The van der Waals surface area contributed by atoms with Crippen LogP contribution in [0.5, 0.6) is 0 Å². The minimum Gasteiger partial charge on any atom is -0.358 e. The fourth-order valence-electron chi connectivity index (χ4n) is 1.75. The quantitative estimate of drug-likeness (QED) is 0.607. The Kier molecular flexibility index (Phi) is 6.42. The van der Waals surface area contributed by atoms with Crippen LogP contribution in [0.1, 0.15) is 15.9 Å². The SMILES string of the molecule is CSc1ccc(CNC(=S)NC(=O)c2ccc(Br)cc2)cc1. The maximum atomic E-state index is 12.0. The van der Waals surface area contributed by atoms with Crippen LogP contribution in [0.25, 0.3) is 0 Å². The normalized spacial score (nSPS) is 10.1. The first-order chi connectivity index (χ1) is 10.6. The first kappa shape index (κ1) is 17.0. The fraction of sp³-hybridized carbons (Fsp3) is 0.125. The lowest BCUT2D eigenvalue weighted by atomic mass is 10.2. The third kappa shape index (κ3) is 5.12. The van der Waals surface area contributed by atoms with Gasteiger partial charge in [-0.25, -0.2) is 0 Å². The molecule has 0 radical (unpaired) electrons. The predicted octanol–water partition coefficient (Wildman–Crippen LogP) is 3.98. The van der Waals surface area contributed by atoms with Crippen molar-refractivity contribution in [2.75, 3.05) is 6.26 Å². The van der Waals surface area contributed by atoms with Crippen LogP contribution in [0, 0.1) is 0 Å². The number of amides is 1. The van der Waals surface area contributed by atoms with E-state index < -0.39 is 0 Å². The number of thiocarbonyl (C=S) groups is 1. The summed E-state index contributed by atoms with van der Waals surface area (Å²) in [6.07, 6.45) is 2.04. The zero-order chi connectivity index (χ0) is 15.9. The molecule has 0 fully saturated rings. The molecule has 0 spiro atoms. The van der Waals surface area contributed by atoms with Crippen LogP contribution in [0.4, 0.5) is 0 Å². The molecule has 2 N–H and O–H groups in total. The highest BCUT2D eigenvalue weighted by Crippen LogP contribution is 2.14. The molecule has 0 unspecified atom stereocenters. The second-order valence-corrected chi connectivity index (χ2v) is 6.70. The van der Waals surface area contributed by atoms with E-state index in [9.17, 15) is 4.79 Å². The Labute approximate surface area is 148 Å². The Bertz CT molecular complexity index is 657. The molecule has 0 aliphatic carbocycles. The van der Waals surface area contributed by atoms with Crippen LogP contribution >= 0.6 is 39.9 Å². The summed E-state index contributed by atoms with van der Waals surface area (Å²) in [6.45, 7) is 0.577. The number of nitrogens with one attached hydrogen (secondary N) is 2. The number of hydrogen-bond donors (Lipinski definition) is 2. The molecule has 1 amide bonds. The van der Waals surface area contributed by atoms with Crippen LogP contribution in [0.15, 0.2) is 57.9 Å². The number of rotatable bonds is 4. The second-order valence-electron chi connectivity index (χ2n) is 4.49. The van der Waals surface area contributed by atoms with E-state index in [2.05, 4.69) is 38.7 Å². The van der Waals surface area contributed by atoms with E-state index in [4.69, 9.17) is 12.2 Å². The minimum atomic E-state index is -0.220. The largest absolute Gasteiger partial charge is 0.358 e. The molecule has 0 aliphatic heterocycles. The maximum Gasteiger partial charge on any atom is 0.257 e. The van der Waals surface area contributed by atoms with Crippen molar-refractivity contribution in [1.82, 2.24) is 10.6 Å². The third-order valence-corrected chi connectivity index (χ3v) is 4.46. The summed E-state index contributed by atoms with van der Waals surface area (Å²) in [5.41, 5.74) is 1.68. The van der Waals surface area contributed by atoms with Crippen molar-refractivity contribution in [3.8, 4) is 0 Å². The van der Waals surface area contributed by atoms with Crippen LogP contribution < -0.4 is 10.6 Å². The van der Waals surface area contributed by atoms with Gasteiger partial charge in [0, 0.05) is 21.5 Å². The van der Waals surface area contributed by atoms with Gasteiger partial charge in [0.15, 0.2) is 5.11 Å². The lowest BCUT2D eigenvalue weighted by Gasteiger charge is -2.10. The van der Waals surface area contributed by atoms with Gasteiger partial charge in [-0.05, 0) is 60.4 Å². The molecular formula is C16H15BrN2OS2. The highest BCUT2D eigenvalue weighted by molar-refractivity contribution is 9.10. The van der Waals surface area contributed by atoms with Gasteiger partial charge >= 0.3 is 0 Å². The molecule has 6 heteroatoms. The summed E-state index contributed by atoms with van der Waals surface area (Å²) in [4.78, 5) is 13.2.